The molecule has 2 aromatic rings. The Balaban J connectivity index is 1.81. The second-order valence-electron chi connectivity index (χ2n) is 9.40. The summed E-state index contributed by atoms with van der Waals surface area (Å²) in [5, 5.41) is 0. The van der Waals surface area contributed by atoms with Crippen LogP contribution in [0.25, 0.3) is 5.57 Å². The molecule has 1 aliphatic rings. The SMILES string of the molecule is COc1ccc(F)cc1C1=CCN(C(=O)[C@@H](Cc2ccccc2)N(C)C(=O)OC(C)(C)C)CC1. The fraction of sp³-hybridized carbons (Fsp3) is 0.407. The summed E-state index contributed by atoms with van der Waals surface area (Å²) in [6.07, 6.45) is 2.31. The number of ether oxygens (including phenoxy) is 2. The van der Waals surface area contributed by atoms with Crippen LogP contribution in [0.15, 0.2) is 54.6 Å². The molecule has 0 aliphatic carbocycles. The molecule has 0 saturated carbocycles. The normalized spacial score (nSPS) is 14.8. The van der Waals surface area contributed by atoms with Gasteiger partial charge in [0.2, 0.25) is 5.91 Å². The van der Waals surface area contributed by atoms with E-state index in [1.165, 1.54) is 17.0 Å². The van der Waals surface area contributed by atoms with Gasteiger partial charge in [-0.15, -0.1) is 0 Å². The number of nitrogens with zero attached hydrogens (tertiary/aromatic N) is 2. The van der Waals surface area contributed by atoms with E-state index in [-0.39, 0.29) is 11.7 Å². The number of amides is 2. The van der Waals surface area contributed by atoms with Gasteiger partial charge in [-0.3, -0.25) is 9.69 Å². The number of halogens is 1. The predicted octanol–water partition coefficient (Wildman–Crippen LogP) is 4.93. The second kappa shape index (κ2) is 10.7. The zero-order chi connectivity index (χ0) is 24.9. The highest BCUT2D eigenvalue weighted by Gasteiger charge is 2.34. The molecular weight excluding hydrogens is 435 g/mol. The van der Waals surface area contributed by atoms with Crippen molar-refractivity contribution in [3.05, 3.63) is 71.6 Å². The third-order valence-electron chi connectivity index (χ3n) is 5.73. The minimum atomic E-state index is -0.712. The lowest BCUT2D eigenvalue weighted by Crippen LogP contribution is -2.52. The molecule has 0 fully saturated rings. The Morgan fingerprint density at radius 3 is 2.44 bits per heavy atom. The monoisotopic (exact) mass is 468 g/mol. The molecule has 2 aromatic carbocycles. The Kier molecular flexibility index (Phi) is 7.97. The van der Waals surface area contributed by atoms with E-state index in [1.54, 1.807) is 45.9 Å². The number of likely N-dealkylation sites (N-methyl/N-ethyl adjacent to an activating group) is 1. The quantitative estimate of drug-likeness (QED) is 0.603. The maximum Gasteiger partial charge on any atom is 0.410 e. The van der Waals surface area contributed by atoms with Crippen LogP contribution < -0.4 is 4.74 Å². The van der Waals surface area contributed by atoms with E-state index in [1.807, 2.05) is 36.4 Å². The Morgan fingerprint density at radius 2 is 1.85 bits per heavy atom. The summed E-state index contributed by atoms with van der Waals surface area (Å²) in [6.45, 7) is 6.21. The lowest BCUT2D eigenvalue weighted by atomic mass is 9.97. The molecule has 3 rings (SSSR count). The summed E-state index contributed by atoms with van der Waals surface area (Å²) < 4.78 is 24.7. The fourth-order valence-electron chi connectivity index (χ4n) is 3.94. The first-order valence-electron chi connectivity index (χ1n) is 11.4. The highest BCUT2D eigenvalue weighted by atomic mass is 19.1. The molecule has 0 radical (unpaired) electrons. The van der Waals surface area contributed by atoms with Gasteiger partial charge in [-0.1, -0.05) is 36.4 Å². The number of carbonyl (C=O) groups is 2. The number of hydrogen-bond donors (Lipinski definition) is 0. The van der Waals surface area contributed by atoms with Gasteiger partial charge in [0.05, 0.1) is 7.11 Å². The molecule has 6 nitrogen and oxygen atoms in total. The highest BCUT2D eigenvalue weighted by molar-refractivity contribution is 5.87. The van der Waals surface area contributed by atoms with Crippen molar-refractivity contribution >= 4 is 17.6 Å². The molecule has 182 valence electrons. The maximum absolute atomic E-state index is 13.8. The first-order valence-corrected chi connectivity index (χ1v) is 11.4. The second-order valence-corrected chi connectivity index (χ2v) is 9.40. The van der Waals surface area contributed by atoms with Gasteiger partial charge in [0.1, 0.15) is 23.2 Å². The lowest BCUT2D eigenvalue weighted by Gasteiger charge is -2.35. The molecule has 1 aliphatic heterocycles. The average Bonchev–Trinajstić information content (AvgIpc) is 2.81. The van der Waals surface area contributed by atoms with Gasteiger partial charge in [0.25, 0.3) is 0 Å². The van der Waals surface area contributed by atoms with Crippen LogP contribution >= 0.6 is 0 Å². The maximum atomic E-state index is 13.8. The Labute approximate surface area is 201 Å². The van der Waals surface area contributed by atoms with Gasteiger partial charge >= 0.3 is 6.09 Å². The van der Waals surface area contributed by atoms with Crippen molar-refractivity contribution in [1.29, 1.82) is 0 Å². The first-order chi connectivity index (χ1) is 16.1. The Bertz CT molecular complexity index is 1050. The van der Waals surface area contributed by atoms with Crippen molar-refractivity contribution in [3.8, 4) is 5.75 Å². The van der Waals surface area contributed by atoms with Gasteiger partial charge in [0.15, 0.2) is 0 Å². The smallest absolute Gasteiger partial charge is 0.410 e. The van der Waals surface area contributed by atoms with Crippen molar-refractivity contribution in [2.24, 2.45) is 0 Å². The van der Waals surface area contributed by atoms with Crippen LogP contribution in [0.3, 0.4) is 0 Å². The van der Waals surface area contributed by atoms with Crippen molar-refractivity contribution in [2.75, 3.05) is 27.2 Å². The van der Waals surface area contributed by atoms with Gasteiger partial charge in [-0.2, -0.15) is 0 Å². The standard InChI is InChI=1S/C27H33FN2O4/c1-27(2,3)34-26(32)29(4)23(17-19-9-7-6-8-10-19)25(31)30-15-13-20(14-16-30)22-18-21(28)11-12-24(22)33-5/h6-13,18,23H,14-17H2,1-5H3/t23-/m1/s1. The summed E-state index contributed by atoms with van der Waals surface area (Å²) in [5.74, 6) is 0.106. The zero-order valence-corrected chi connectivity index (χ0v) is 20.5. The van der Waals surface area contributed by atoms with Crippen LogP contribution in [0.5, 0.6) is 5.75 Å². The highest BCUT2D eigenvalue weighted by Crippen LogP contribution is 2.31. The minimum Gasteiger partial charge on any atom is -0.496 e. The summed E-state index contributed by atoms with van der Waals surface area (Å²) >= 11 is 0. The van der Waals surface area contributed by atoms with E-state index in [9.17, 15) is 14.0 Å². The number of benzene rings is 2. The number of rotatable bonds is 6. The van der Waals surface area contributed by atoms with E-state index < -0.39 is 17.7 Å². The largest absolute Gasteiger partial charge is 0.496 e. The molecule has 7 heteroatoms. The summed E-state index contributed by atoms with van der Waals surface area (Å²) in [6, 6.07) is 13.3. The minimum absolute atomic E-state index is 0.154. The molecule has 0 saturated heterocycles. The number of hydrogen-bond acceptors (Lipinski definition) is 4. The van der Waals surface area contributed by atoms with Crippen molar-refractivity contribution in [3.63, 3.8) is 0 Å². The van der Waals surface area contributed by atoms with E-state index in [4.69, 9.17) is 9.47 Å². The molecular formula is C27H33FN2O4. The molecule has 0 spiro atoms. The zero-order valence-electron chi connectivity index (χ0n) is 20.5. The van der Waals surface area contributed by atoms with Crippen LogP contribution in [0.2, 0.25) is 0 Å². The third-order valence-corrected chi connectivity index (χ3v) is 5.73. The van der Waals surface area contributed by atoms with Gasteiger partial charge in [0, 0.05) is 32.1 Å². The summed E-state index contributed by atoms with van der Waals surface area (Å²) in [4.78, 5) is 29.5. The van der Waals surface area contributed by atoms with Crippen LogP contribution in [-0.4, -0.2) is 60.7 Å². The van der Waals surface area contributed by atoms with E-state index in [0.29, 0.717) is 37.2 Å². The molecule has 1 heterocycles. The summed E-state index contributed by atoms with van der Waals surface area (Å²) in [5.41, 5.74) is 1.91. The predicted molar refractivity (Wildman–Crippen MR) is 130 cm³/mol. The Morgan fingerprint density at radius 1 is 1.15 bits per heavy atom. The molecule has 1 atom stereocenters. The van der Waals surface area contributed by atoms with E-state index >= 15 is 0 Å². The third kappa shape index (κ3) is 6.37. The molecule has 34 heavy (non-hydrogen) atoms. The van der Waals surface area contributed by atoms with Gasteiger partial charge < -0.3 is 14.4 Å². The van der Waals surface area contributed by atoms with Crippen molar-refractivity contribution < 1.29 is 23.5 Å². The molecule has 2 amide bonds. The number of methoxy groups -OCH3 is 1. The fourth-order valence-corrected chi connectivity index (χ4v) is 3.94. The van der Waals surface area contributed by atoms with Crippen LogP contribution in [0.4, 0.5) is 9.18 Å². The molecule has 0 aromatic heterocycles. The Hall–Kier alpha value is -3.35. The number of carbonyl (C=O) groups excluding carboxylic acids is 2. The average molecular weight is 469 g/mol. The topological polar surface area (TPSA) is 59.1 Å². The van der Waals surface area contributed by atoms with Gasteiger partial charge in [-0.05, 0) is 56.5 Å². The van der Waals surface area contributed by atoms with E-state index in [2.05, 4.69) is 0 Å². The summed E-state index contributed by atoms with van der Waals surface area (Å²) in [7, 11) is 3.15. The molecule has 0 unspecified atom stereocenters. The van der Waals surface area contributed by atoms with Crippen molar-refractivity contribution in [1.82, 2.24) is 9.80 Å². The lowest BCUT2D eigenvalue weighted by molar-refractivity contribution is -0.136. The molecule has 0 N–H and O–H groups in total. The van der Waals surface area contributed by atoms with Crippen LogP contribution in [-0.2, 0) is 16.0 Å². The van der Waals surface area contributed by atoms with Gasteiger partial charge in [-0.25, -0.2) is 9.18 Å². The van der Waals surface area contributed by atoms with Crippen molar-refractivity contribution in [2.45, 2.75) is 45.3 Å². The van der Waals surface area contributed by atoms with Crippen LogP contribution in [0, 0.1) is 5.82 Å². The first kappa shape index (κ1) is 25.3. The van der Waals surface area contributed by atoms with Crippen LogP contribution in [0.1, 0.15) is 38.3 Å². The van der Waals surface area contributed by atoms with E-state index in [0.717, 1.165) is 11.1 Å². The molecule has 0 bridgehead atoms.